The Morgan fingerprint density at radius 3 is 2.61 bits per heavy atom. The molecule has 0 saturated carbocycles. The van der Waals surface area contributed by atoms with Crippen LogP contribution in [0.5, 0.6) is 0 Å². The van der Waals surface area contributed by atoms with E-state index in [0.717, 1.165) is 5.52 Å². The number of amides is 3. The maximum atomic E-state index is 14.7. The number of likely N-dealkylation sites (N-methyl/N-ethyl adjacent to an activating group) is 1. The Kier molecular flexibility index (Phi) is 8.10. The minimum absolute atomic E-state index is 0.0711. The molecule has 0 radical (unpaired) electrons. The minimum atomic E-state index is -1.24. The lowest BCUT2D eigenvalue weighted by Gasteiger charge is -2.40. The highest BCUT2D eigenvalue weighted by Crippen LogP contribution is 2.61. The Hall–Kier alpha value is -3.09. The summed E-state index contributed by atoms with van der Waals surface area (Å²) in [5.74, 6) is -2.71. The first kappa shape index (κ1) is 29.4. The first-order valence-electron chi connectivity index (χ1n) is 13.9. The van der Waals surface area contributed by atoms with Gasteiger partial charge in [-0.3, -0.25) is 14.4 Å². The highest BCUT2D eigenvalue weighted by molar-refractivity contribution is 9.09. The lowest BCUT2D eigenvalue weighted by molar-refractivity contribution is -0.153. The van der Waals surface area contributed by atoms with E-state index in [1.165, 1.54) is 9.80 Å². The molecule has 1 spiro atoms. The van der Waals surface area contributed by atoms with Crippen LogP contribution >= 0.6 is 15.9 Å². The van der Waals surface area contributed by atoms with Crippen LogP contribution in [-0.2, 0) is 25.8 Å². The Balaban J connectivity index is 1.59. The minimum Gasteiger partial charge on any atom is -0.394 e. The number of carbonyl (C=O) groups is 3. The number of hydrogen-bond acceptors (Lipinski definition) is 7. The van der Waals surface area contributed by atoms with E-state index in [2.05, 4.69) is 39.4 Å². The lowest BCUT2D eigenvalue weighted by atomic mass is 9.70. The number of para-hydroxylation sites is 1. The lowest BCUT2D eigenvalue weighted by Crippen LogP contribution is -2.60. The van der Waals surface area contributed by atoms with Crippen molar-refractivity contribution in [2.24, 2.45) is 17.8 Å². The number of likely N-dealkylation sites (tertiary alicyclic amines) is 1. The number of alkyl halides is 1. The van der Waals surface area contributed by atoms with Crippen LogP contribution in [-0.4, -0.2) is 108 Å². The monoisotopic (exact) mass is 628 g/mol. The molecule has 3 saturated heterocycles. The average molecular weight is 630 g/mol. The highest BCUT2D eigenvalue weighted by atomic mass is 79.9. The second-order valence-corrected chi connectivity index (χ2v) is 12.7. The second-order valence-electron chi connectivity index (χ2n) is 11.5. The first-order valence-corrected chi connectivity index (χ1v) is 14.8. The fourth-order valence-electron chi connectivity index (χ4n) is 6.87. The van der Waals surface area contributed by atoms with Gasteiger partial charge in [0.1, 0.15) is 23.8 Å². The first-order chi connectivity index (χ1) is 19.6. The summed E-state index contributed by atoms with van der Waals surface area (Å²) in [5, 5.41) is 18.9. The van der Waals surface area contributed by atoms with E-state index in [9.17, 15) is 19.5 Å². The van der Waals surface area contributed by atoms with Gasteiger partial charge in [0.25, 0.3) is 0 Å². The number of carbonyl (C=O) groups excluding carboxylic acids is 3. The third-order valence-electron chi connectivity index (χ3n) is 8.73. The molecule has 2 aromatic rings. The van der Waals surface area contributed by atoms with Crippen molar-refractivity contribution in [2.75, 3.05) is 26.7 Å². The van der Waals surface area contributed by atoms with Crippen LogP contribution < -0.4 is 0 Å². The van der Waals surface area contributed by atoms with Gasteiger partial charge in [-0.15, -0.1) is 18.3 Å². The van der Waals surface area contributed by atoms with Gasteiger partial charge in [-0.1, -0.05) is 59.3 Å². The molecule has 3 aliphatic heterocycles. The van der Waals surface area contributed by atoms with E-state index in [4.69, 9.17) is 4.74 Å². The number of aromatic nitrogens is 3. The van der Waals surface area contributed by atoms with Crippen molar-refractivity contribution in [1.82, 2.24) is 29.7 Å². The van der Waals surface area contributed by atoms with Crippen LogP contribution in [0.3, 0.4) is 0 Å². The van der Waals surface area contributed by atoms with Gasteiger partial charge in [0.2, 0.25) is 17.7 Å². The topological polar surface area (TPSA) is 121 Å². The molecule has 0 aliphatic carbocycles. The van der Waals surface area contributed by atoms with Crippen molar-refractivity contribution in [3.05, 3.63) is 49.6 Å². The summed E-state index contributed by atoms with van der Waals surface area (Å²) in [5.41, 5.74) is 0.212. The van der Waals surface area contributed by atoms with Gasteiger partial charge < -0.3 is 24.5 Å². The summed E-state index contributed by atoms with van der Waals surface area (Å²) >= 11 is 3.71. The Bertz CT molecular complexity index is 1360. The molecule has 5 rings (SSSR count). The summed E-state index contributed by atoms with van der Waals surface area (Å²) < 4.78 is 8.26. The van der Waals surface area contributed by atoms with E-state index in [-0.39, 0.29) is 48.3 Å². The van der Waals surface area contributed by atoms with Gasteiger partial charge in [-0.2, -0.15) is 0 Å². The number of fused-ring (bicyclic) bond motifs is 2. The molecule has 3 fully saturated rings. The van der Waals surface area contributed by atoms with Crippen molar-refractivity contribution < 1.29 is 24.2 Å². The molecule has 220 valence electrons. The number of nitrogens with zero attached hydrogens (tertiary/aromatic N) is 6. The molecular formula is C29H37BrN6O5. The molecule has 12 heteroatoms. The molecule has 3 aliphatic rings. The van der Waals surface area contributed by atoms with Gasteiger partial charge in [0.05, 0.1) is 36.1 Å². The van der Waals surface area contributed by atoms with Crippen LogP contribution in [0.25, 0.3) is 11.0 Å². The third kappa shape index (κ3) is 4.60. The van der Waals surface area contributed by atoms with E-state index in [0.29, 0.717) is 18.5 Å². The van der Waals surface area contributed by atoms with Gasteiger partial charge >= 0.3 is 0 Å². The zero-order valence-corrected chi connectivity index (χ0v) is 25.2. The van der Waals surface area contributed by atoms with Crippen molar-refractivity contribution in [1.29, 1.82) is 0 Å². The van der Waals surface area contributed by atoms with Crippen LogP contribution in [0.15, 0.2) is 49.6 Å². The molecule has 1 aromatic heterocycles. The number of ether oxygens (including phenoxy) is 1. The number of hydrogen-bond donors (Lipinski definition) is 1. The number of rotatable bonds is 11. The van der Waals surface area contributed by atoms with E-state index in [1.54, 1.807) is 28.8 Å². The fraction of sp³-hybridized carbons (Fsp3) is 0.552. The zero-order valence-electron chi connectivity index (χ0n) is 23.6. The smallest absolute Gasteiger partial charge is 0.250 e. The summed E-state index contributed by atoms with van der Waals surface area (Å²) in [6.07, 6.45) is 3.06. The van der Waals surface area contributed by atoms with Crippen molar-refractivity contribution in [3.8, 4) is 0 Å². The molecule has 11 nitrogen and oxygen atoms in total. The SMILES string of the molecule is C=CCN(C)C(=O)[C@H]1[C@H]2C(=O)N([C@@H](CO)C(C)C)C(C(=O)N(CC=C)Cn3nnc4ccccc43)C23CC(Br)[C@@H]1O3. The van der Waals surface area contributed by atoms with Gasteiger partial charge in [0.15, 0.2) is 0 Å². The summed E-state index contributed by atoms with van der Waals surface area (Å²) in [6, 6.07) is 5.76. The Morgan fingerprint density at radius 1 is 1.24 bits per heavy atom. The summed E-state index contributed by atoms with van der Waals surface area (Å²) in [6.45, 7) is 11.6. The van der Waals surface area contributed by atoms with Crippen LogP contribution in [0.1, 0.15) is 20.3 Å². The van der Waals surface area contributed by atoms with Crippen LogP contribution in [0.4, 0.5) is 0 Å². The predicted molar refractivity (Wildman–Crippen MR) is 156 cm³/mol. The number of halogens is 1. The number of benzene rings is 1. The average Bonchev–Trinajstić information content (AvgIpc) is 3.66. The summed E-state index contributed by atoms with van der Waals surface area (Å²) in [7, 11) is 1.67. The number of aliphatic hydroxyl groups is 1. The molecule has 1 N–H and O–H groups in total. The molecular weight excluding hydrogens is 592 g/mol. The Morgan fingerprint density at radius 2 is 1.95 bits per heavy atom. The van der Waals surface area contributed by atoms with E-state index < -0.39 is 35.6 Å². The maximum absolute atomic E-state index is 14.7. The van der Waals surface area contributed by atoms with Crippen molar-refractivity contribution in [3.63, 3.8) is 0 Å². The normalized spacial score (nSPS) is 29.2. The van der Waals surface area contributed by atoms with Gasteiger partial charge in [-0.25, -0.2) is 4.68 Å². The predicted octanol–water partition coefficient (Wildman–Crippen LogP) is 1.81. The van der Waals surface area contributed by atoms with Crippen molar-refractivity contribution in [2.45, 2.75) is 55.6 Å². The number of aliphatic hydroxyl groups excluding tert-OH is 1. The van der Waals surface area contributed by atoms with Gasteiger partial charge in [0, 0.05) is 25.0 Å². The second kappa shape index (κ2) is 11.3. The van der Waals surface area contributed by atoms with E-state index in [1.807, 2.05) is 38.1 Å². The standard InChI is InChI=1S/C29H37BrN6O5/c1-6-12-33(5)26(38)22-23-27(39)36(21(15-37)17(3)4)25(29(23)14-18(30)24(22)41-29)28(40)34(13-7-2)16-35-20-11-9-8-10-19(20)31-32-35/h6-11,17-18,21-25,37H,1-2,12-16H2,3-5H3/t18?,21-,22-,23-,24-,25?,29?/m0/s1. The molecule has 2 bridgehead atoms. The molecule has 4 heterocycles. The highest BCUT2D eigenvalue weighted by Gasteiger charge is 2.77. The van der Waals surface area contributed by atoms with Gasteiger partial charge in [-0.05, 0) is 24.5 Å². The van der Waals surface area contributed by atoms with E-state index >= 15 is 0 Å². The molecule has 3 amide bonds. The molecule has 3 unspecified atom stereocenters. The molecule has 41 heavy (non-hydrogen) atoms. The van der Waals surface area contributed by atoms with Crippen LogP contribution in [0.2, 0.25) is 0 Å². The quantitative estimate of drug-likeness (QED) is 0.298. The van der Waals surface area contributed by atoms with Crippen LogP contribution in [0, 0.1) is 17.8 Å². The zero-order chi connectivity index (χ0) is 29.6. The van der Waals surface area contributed by atoms with Crippen molar-refractivity contribution >= 4 is 44.7 Å². The third-order valence-corrected chi connectivity index (χ3v) is 9.57. The molecule has 1 aromatic carbocycles. The summed E-state index contributed by atoms with van der Waals surface area (Å²) in [4.78, 5) is 47.1. The fourth-order valence-corrected chi connectivity index (χ4v) is 7.82. The molecule has 7 atom stereocenters. The Labute approximate surface area is 247 Å². The maximum Gasteiger partial charge on any atom is 0.250 e. The largest absolute Gasteiger partial charge is 0.394 e.